The van der Waals surface area contributed by atoms with Crippen molar-refractivity contribution in [1.29, 1.82) is 0 Å². The van der Waals surface area contributed by atoms with Gasteiger partial charge in [-0.2, -0.15) is 0 Å². The van der Waals surface area contributed by atoms with E-state index in [1.165, 1.54) is 5.56 Å². The summed E-state index contributed by atoms with van der Waals surface area (Å²) in [6.07, 6.45) is 7.66. The predicted molar refractivity (Wildman–Crippen MR) is 51.2 cm³/mol. The van der Waals surface area contributed by atoms with Crippen molar-refractivity contribution in [2.24, 2.45) is 0 Å². The second-order valence-corrected chi connectivity index (χ2v) is 3.67. The minimum Gasteiger partial charge on any atom is -0.119 e. The molecule has 0 aromatic heterocycles. The van der Waals surface area contributed by atoms with Crippen molar-refractivity contribution in [3.63, 3.8) is 0 Å². The molecular weight excluding hydrogens is 168 g/mol. The van der Waals surface area contributed by atoms with E-state index in [-0.39, 0.29) is 5.41 Å². The van der Waals surface area contributed by atoms with Gasteiger partial charge in [0.05, 0.1) is 5.41 Å². The lowest BCUT2D eigenvalue weighted by atomic mass is 9.97. The van der Waals surface area contributed by atoms with Crippen LogP contribution in [0.15, 0.2) is 24.3 Å². The molecule has 0 aliphatic heterocycles. The molecule has 1 aliphatic carbocycles. The molecule has 0 spiro atoms. The molecule has 0 N–H and O–H groups in total. The van der Waals surface area contributed by atoms with Crippen molar-refractivity contribution in [1.82, 2.24) is 0 Å². The van der Waals surface area contributed by atoms with Crippen LogP contribution >= 0.6 is 11.6 Å². The average Bonchev–Trinajstić information content (AvgIpc) is 2.84. The van der Waals surface area contributed by atoms with E-state index < -0.39 is 0 Å². The number of rotatable bonds is 1. The minimum absolute atomic E-state index is 0.0188. The maximum absolute atomic E-state index is 5.87. The Kier molecular flexibility index (Phi) is 1.63. The monoisotopic (exact) mass is 176 g/mol. The zero-order valence-electron chi connectivity index (χ0n) is 6.68. The summed E-state index contributed by atoms with van der Waals surface area (Å²) in [6.45, 7) is 0. The molecular formula is C11H9Cl. The third-order valence-electron chi connectivity index (χ3n) is 2.40. The predicted octanol–water partition coefficient (Wildman–Crippen LogP) is 3.00. The summed E-state index contributed by atoms with van der Waals surface area (Å²) in [4.78, 5) is 0. The summed E-state index contributed by atoms with van der Waals surface area (Å²) in [6, 6.07) is 7.85. The van der Waals surface area contributed by atoms with Gasteiger partial charge in [0.25, 0.3) is 0 Å². The Labute approximate surface area is 77.6 Å². The van der Waals surface area contributed by atoms with E-state index in [1.807, 2.05) is 18.2 Å². The Hall–Kier alpha value is -0.930. The molecule has 0 saturated heterocycles. The van der Waals surface area contributed by atoms with Crippen LogP contribution in [0.5, 0.6) is 0 Å². The van der Waals surface area contributed by atoms with Crippen LogP contribution in [0.4, 0.5) is 0 Å². The lowest BCUT2D eigenvalue weighted by Crippen LogP contribution is -2.01. The smallest absolute Gasteiger partial charge is 0.0562 e. The van der Waals surface area contributed by atoms with Crippen molar-refractivity contribution in [2.45, 2.75) is 18.3 Å². The quantitative estimate of drug-likeness (QED) is 0.577. The van der Waals surface area contributed by atoms with E-state index in [0.29, 0.717) is 0 Å². The topological polar surface area (TPSA) is 0 Å². The number of hydrogen-bond donors (Lipinski definition) is 0. The van der Waals surface area contributed by atoms with Gasteiger partial charge in [-0.1, -0.05) is 29.7 Å². The highest BCUT2D eigenvalue weighted by molar-refractivity contribution is 6.30. The molecule has 0 nitrogen and oxygen atoms in total. The fourth-order valence-corrected chi connectivity index (χ4v) is 1.62. The van der Waals surface area contributed by atoms with Crippen molar-refractivity contribution in [3.05, 3.63) is 34.9 Å². The molecule has 2 rings (SSSR count). The molecule has 60 valence electrons. The third-order valence-corrected chi connectivity index (χ3v) is 2.64. The fraction of sp³-hybridized carbons (Fsp3) is 0.273. The highest BCUT2D eigenvalue weighted by atomic mass is 35.5. The van der Waals surface area contributed by atoms with Gasteiger partial charge in [-0.05, 0) is 30.5 Å². The first kappa shape index (κ1) is 7.71. The molecule has 0 radical (unpaired) electrons. The molecule has 1 aliphatic rings. The van der Waals surface area contributed by atoms with E-state index in [4.69, 9.17) is 18.0 Å². The maximum Gasteiger partial charge on any atom is 0.0562 e. The van der Waals surface area contributed by atoms with Crippen molar-refractivity contribution < 1.29 is 0 Å². The Morgan fingerprint density at radius 1 is 1.42 bits per heavy atom. The highest BCUT2D eigenvalue weighted by Crippen LogP contribution is 2.47. The van der Waals surface area contributed by atoms with Crippen molar-refractivity contribution in [3.8, 4) is 12.3 Å². The number of halogens is 1. The molecule has 0 unspecified atom stereocenters. The number of benzene rings is 1. The van der Waals surface area contributed by atoms with Crippen molar-refractivity contribution in [2.75, 3.05) is 0 Å². The minimum atomic E-state index is 0.0188. The lowest BCUT2D eigenvalue weighted by molar-refractivity contribution is 0.931. The molecule has 1 heteroatoms. The second-order valence-electron chi connectivity index (χ2n) is 3.24. The molecule has 0 bridgehead atoms. The zero-order valence-corrected chi connectivity index (χ0v) is 7.43. The van der Waals surface area contributed by atoms with Gasteiger partial charge in [-0.3, -0.25) is 0 Å². The van der Waals surface area contributed by atoms with E-state index in [9.17, 15) is 0 Å². The molecule has 0 atom stereocenters. The van der Waals surface area contributed by atoms with Crippen LogP contribution in [0.2, 0.25) is 5.02 Å². The second kappa shape index (κ2) is 2.54. The van der Waals surface area contributed by atoms with E-state index in [1.54, 1.807) is 0 Å². The Morgan fingerprint density at radius 2 is 2.17 bits per heavy atom. The molecule has 1 fully saturated rings. The van der Waals surface area contributed by atoms with Crippen LogP contribution in [-0.2, 0) is 5.41 Å². The summed E-state index contributed by atoms with van der Waals surface area (Å²) in [5.41, 5.74) is 1.21. The summed E-state index contributed by atoms with van der Waals surface area (Å²) in [7, 11) is 0. The summed E-state index contributed by atoms with van der Waals surface area (Å²) >= 11 is 5.87. The average molecular weight is 177 g/mol. The van der Waals surface area contributed by atoms with Crippen LogP contribution in [0.25, 0.3) is 0 Å². The van der Waals surface area contributed by atoms with Crippen LogP contribution in [0.1, 0.15) is 18.4 Å². The molecule has 1 aromatic carbocycles. The fourth-order valence-electron chi connectivity index (χ4n) is 1.43. The first-order chi connectivity index (χ1) is 5.77. The standard InChI is InChI=1S/C11H9Cl/c1-2-11(6-7-11)9-4-3-5-10(12)8-9/h1,3-5,8H,6-7H2. The van der Waals surface area contributed by atoms with Crippen molar-refractivity contribution >= 4 is 11.6 Å². The maximum atomic E-state index is 5.87. The Balaban J connectivity index is 2.42. The van der Waals surface area contributed by atoms with Gasteiger partial charge in [-0.25, -0.2) is 0 Å². The normalized spacial score (nSPS) is 18.3. The van der Waals surface area contributed by atoms with Crippen LogP contribution in [0.3, 0.4) is 0 Å². The summed E-state index contributed by atoms with van der Waals surface area (Å²) in [5, 5.41) is 0.772. The van der Waals surface area contributed by atoms with Gasteiger partial charge in [0.2, 0.25) is 0 Å². The van der Waals surface area contributed by atoms with Gasteiger partial charge in [0.15, 0.2) is 0 Å². The Bertz CT molecular complexity index is 342. The number of hydrogen-bond acceptors (Lipinski definition) is 0. The molecule has 12 heavy (non-hydrogen) atoms. The van der Waals surface area contributed by atoms with E-state index in [0.717, 1.165) is 17.9 Å². The largest absolute Gasteiger partial charge is 0.119 e. The SMILES string of the molecule is C#CC1(c2cccc(Cl)c2)CC1. The summed E-state index contributed by atoms with van der Waals surface area (Å²) < 4.78 is 0. The lowest BCUT2D eigenvalue weighted by Gasteiger charge is -2.07. The Morgan fingerprint density at radius 3 is 2.67 bits per heavy atom. The summed E-state index contributed by atoms with van der Waals surface area (Å²) in [5.74, 6) is 2.84. The first-order valence-corrected chi connectivity index (χ1v) is 4.38. The highest BCUT2D eigenvalue weighted by Gasteiger charge is 2.42. The van der Waals surface area contributed by atoms with E-state index in [2.05, 4.69) is 12.0 Å². The first-order valence-electron chi connectivity index (χ1n) is 4.01. The molecule has 0 heterocycles. The van der Waals surface area contributed by atoms with Crippen LogP contribution < -0.4 is 0 Å². The number of terminal acetylenes is 1. The van der Waals surface area contributed by atoms with Gasteiger partial charge < -0.3 is 0 Å². The van der Waals surface area contributed by atoms with Crippen LogP contribution in [-0.4, -0.2) is 0 Å². The van der Waals surface area contributed by atoms with Gasteiger partial charge in [0.1, 0.15) is 0 Å². The van der Waals surface area contributed by atoms with Gasteiger partial charge in [0, 0.05) is 5.02 Å². The van der Waals surface area contributed by atoms with Crippen LogP contribution in [0, 0.1) is 12.3 Å². The van der Waals surface area contributed by atoms with E-state index >= 15 is 0 Å². The van der Waals surface area contributed by atoms with Gasteiger partial charge >= 0.3 is 0 Å². The zero-order chi connectivity index (χ0) is 8.60. The third kappa shape index (κ3) is 1.11. The molecule has 1 saturated carbocycles. The molecule has 0 amide bonds. The van der Waals surface area contributed by atoms with Gasteiger partial charge in [-0.15, -0.1) is 6.42 Å². The molecule has 1 aromatic rings.